The molecule has 0 bridgehead atoms. The number of aliphatic hydroxyl groups is 1. The predicted molar refractivity (Wildman–Crippen MR) is 111 cm³/mol. The van der Waals surface area contributed by atoms with Gasteiger partial charge in [-0.05, 0) is 44.2 Å². The molecule has 1 unspecified atom stereocenters. The number of anilines is 1. The summed E-state index contributed by atoms with van der Waals surface area (Å²) in [6.07, 6.45) is -0.742. The molecule has 2 aromatic carbocycles. The number of aromatic nitrogens is 2. The Bertz CT molecular complexity index is 912. The molecule has 0 saturated carbocycles. The number of aliphatic hydroxyl groups excluding tert-OH is 1. The highest BCUT2D eigenvalue weighted by Gasteiger charge is 2.15. The van der Waals surface area contributed by atoms with Crippen molar-refractivity contribution in [3.05, 3.63) is 77.6 Å². The molecule has 1 heterocycles. The minimum Gasteiger partial charge on any atom is -0.490 e. The summed E-state index contributed by atoms with van der Waals surface area (Å²) >= 11 is 0. The smallest absolute Gasteiger partial charge is 0.259 e. The molecule has 0 saturated heterocycles. The molecule has 0 radical (unpaired) electrons. The first-order valence-corrected chi connectivity index (χ1v) is 8.80. The number of halogens is 1. The van der Waals surface area contributed by atoms with E-state index < -0.39 is 6.10 Å². The Morgan fingerprint density at radius 3 is 2.50 bits per heavy atom. The quantitative estimate of drug-likeness (QED) is 0.634. The van der Waals surface area contributed by atoms with E-state index in [1.165, 1.54) is 0 Å². The zero-order valence-electron chi connectivity index (χ0n) is 15.8. The Kier molecular flexibility index (Phi) is 7.61. The molecule has 28 heavy (non-hydrogen) atoms. The Labute approximate surface area is 170 Å². The third-order valence-corrected chi connectivity index (χ3v) is 4.08. The lowest BCUT2D eigenvalue weighted by Crippen LogP contribution is -2.25. The normalized spacial score (nSPS) is 11.4. The zero-order valence-corrected chi connectivity index (χ0v) is 16.6. The van der Waals surface area contributed by atoms with Crippen LogP contribution in [-0.4, -0.2) is 33.5 Å². The molecule has 0 spiro atoms. The molecule has 6 nitrogen and oxygen atoms in total. The summed E-state index contributed by atoms with van der Waals surface area (Å²) in [4.78, 5) is 12.6. The van der Waals surface area contributed by atoms with E-state index in [4.69, 9.17) is 4.74 Å². The fourth-order valence-electron chi connectivity index (χ4n) is 2.80. The minimum absolute atomic E-state index is 0. The molecule has 148 valence electrons. The predicted octanol–water partition coefficient (Wildman–Crippen LogP) is 3.61. The Hall–Kier alpha value is -2.83. The van der Waals surface area contributed by atoms with Gasteiger partial charge < -0.3 is 15.2 Å². The van der Waals surface area contributed by atoms with Gasteiger partial charge in [-0.1, -0.05) is 30.3 Å². The first-order valence-electron chi connectivity index (χ1n) is 8.80. The maximum atomic E-state index is 12.6. The molecule has 3 aromatic rings. The summed E-state index contributed by atoms with van der Waals surface area (Å²) in [7, 11) is 0. The first kappa shape index (κ1) is 21.5. The average Bonchev–Trinajstić information content (AvgIpc) is 2.98. The molecule has 7 heteroatoms. The van der Waals surface area contributed by atoms with Gasteiger partial charge in [0.1, 0.15) is 18.5 Å². The minimum atomic E-state index is -0.742. The molecule has 3 rings (SSSR count). The van der Waals surface area contributed by atoms with E-state index in [1.54, 1.807) is 28.9 Å². The van der Waals surface area contributed by atoms with Gasteiger partial charge in [-0.3, -0.25) is 9.48 Å². The van der Waals surface area contributed by atoms with E-state index in [0.717, 1.165) is 11.4 Å². The number of benzene rings is 2. The number of nitrogens with zero attached hydrogens (tertiary/aromatic N) is 2. The number of rotatable bonds is 7. The van der Waals surface area contributed by atoms with Crippen LogP contribution in [0.1, 0.15) is 21.7 Å². The highest BCUT2D eigenvalue weighted by Crippen LogP contribution is 2.20. The van der Waals surface area contributed by atoms with Gasteiger partial charge in [-0.2, -0.15) is 5.10 Å². The van der Waals surface area contributed by atoms with E-state index in [9.17, 15) is 9.90 Å². The molecular formula is C21H24ClN3O3. The second-order valence-electron chi connectivity index (χ2n) is 6.39. The fourth-order valence-corrected chi connectivity index (χ4v) is 2.80. The maximum Gasteiger partial charge on any atom is 0.259 e. The summed E-state index contributed by atoms with van der Waals surface area (Å²) in [5.41, 5.74) is 3.01. The molecular weight excluding hydrogens is 378 g/mol. The van der Waals surface area contributed by atoms with Gasteiger partial charge in [0, 0.05) is 11.4 Å². The van der Waals surface area contributed by atoms with Crippen LogP contribution in [-0.2, 0) is 6.54 Å². The summed E-state index contributed by atoms with van der Waals surface area (Å²) < 4.78 is 7.47. The van der Waals surface area contributed by atoms with Crippen LogP contribution >= 0.6 is 12.4 Å². The third kappa shape index (κ3) is 5.58. The topological polar surface area (TPSA) is 76.4 Å². The highest BCUT2D eigenvalue weighted by molar-refractivity contribution is 6.06. The molecule has 1 amide bonds. The van der Waals surface area contributed by atoms with Crippen molar-refractivity contribution >= 4 is 24.0 Å². The fraction of sp³-hybridized carbons (Fsp3) is 0.238. The summed E-state index contributed by atoms with van der Waals surface area (Å²) in [6, 6.07) is 18.2. The van der Waals surface area contributed by atoms with Crippen molar-refractivity contribution in [3.63, 3.8) is 0 Å². The van der Waals surface area contributed by atoms with E-state index in [2.05, 4.69) is 10.4 Å². The summed E-state index contributed by atoms with van der Waals surface area (Å²) in [5.74, 6) is 0.170. The van der Waals surface area contributed by atoms with Crippen LogP contribution in [0.4, 0.5) is 5.69 Å². The lowest BCUT2D eigenvalue weighted by Gasteiger charge is -2.15. The lowest BCUT2D eigenvalue weighted by molar-refractivity contribution is 0.0867. The van der Waals surface area contributed by atoms with Crippen molar-refractivity contribution in [2.24, 2.45) is 0 Å². The second-order valence-corrected chi connectivity index (χ2v) is 6.39. The van der Waals surface area contributed by atoms with Crippen LogP contribution in [0.25, 0.3) is 0 Å². The molecule has 0 aliphatic rings. The number of carbonyl (C=O) groups is 1. The van der Waals surface area contributed by atoms with Gasteiger partial charge in [-0.25, -0.2) is 0 Å². The average molecular weight is 402 g/mol. The molecule has 0 aliphatic carbocycles. The van der Waals surface area contributed by atoms with Gasteiger partial charge >= 0.3 is 0 Å². The lowest BCUT2D eigenvalue weighted by atomic mass is 10.2. The Morgan fingerprint density at radius 1 is 1.14 bits per heavy atom. The Morgan fingerprint density at radius 2 is 1.82 bits per heavy atom. The van der Waals surface area contributed by atoms with E-state index >= 15 is 0 Å². The van der Waals surface area contributed by atoms with Crippen LogP contribution in [0, 0.1) is 13.8 Å². The first-order chi connectivity index (χ1) is 13.0. The number of amides is 1. The van der Waals surface area contributed by atoms with Crippen LogP contribution in [0.2, 0.25) is 0 Å². The van der Waals surface area contributed by atoms with E-state index in [-0.39, 0.29) is 24.9 Å². The van der Waals surface area contributed by atoms with Crippen molar-refractivity contribution in [1.82, 2.24) is 9.78 Å². The maximum absolute atomic E-state index is 12.6. The molecule has 0 aliphatic heterocycles. The van der Waals surface area contributed by atoms with Gasteiger partial charge in [0.2, 0.25) is 0 Å². The summed E-state index contributed by atoms with van der Waals surface area (Å²) in [5, 5.41) is 17.5. The van der Waals surface area contributed by atoms with Crippen molar-refractivity contribution in [3.8, 4) is 5.75 Å². The van der Waals surface area contributed by atoms with E-state index in [0.29, 0.717) is 23.5 Å². The molecule has 1 aromatic heterocycles. The van der Waals surface area contributed by atoms with Crippen LogP contribution in [0.5, 0.6) is 5.75 Å². The van der Waals surface area contributed by atoms with Gasteiger partial charge in [0.05, 0.1) is 17.8 Å². The van der Waals surface area contributed by atoms with Crippen molar-refractivity contribution in [2.45, 2.75) is 26.5 Å². The van der Waals surface area contributed by atoms with Crippen molar-refractivity contribution in [2.75, 3.05) is 11.9 Å². The number of nitrogens with one attached hydrogen (secondary N) is 1. The van der Waals surface area contributed by atoms with Crippen molar-refractivity contribution < 1.29 is 14.6 Å². The monoisotopic (exact) mass is 401 g/mol. The Balaban J connectivity index is 0.00000280. The van der Waals surface area contributed by atoms with Crippen LogP contribution in [0.3, 0.4) is 0 Å². The van der Waals surface area contributed by atoms with Gasteiger partial charge in [0.15, 0.2) is 0 Å². The molecule has 1 atom stereocenters. The van der Waals surface area contributed by atoms with Crippen molar-refractivity contribution in [1.29, 1.82) is 0 Å². The number of hydrogen-bond acceptors (Lipinski definition) is 4. The van der Waals surface area contributed by atoms with Gasteiger partial charge in [-0.15, -0.1) is 12.4 Å². The molecule has 2 N–H and O–H groups in total. The SMILES string of the molecule is Cc1cc(C)n(CC(O)COc2ccccc2C(=O)Nc2ccccc2)n1.Cl. The zero-order chi connectivity index (χ0) is 19.2. The van der Waals surface area contributed by atoms with Crippen LogP contribution < -0.4 is 10.1 Å². The number of aryl methyl sites for hydroxylation is 2. The van der Waals surface area contributed by atoms with Crippen LogP contribution in [0.15, 0.2) is 60.7 Å². The number of carbonyl (C=O) groups excluding carboxylic acids is 1. The van der Waals surface area contributed by atoms with Gasteiger partial charge in [0.25, 0.3) is 5.91 Å². The third-order valence-electron chi connectivity index (χ3n) is 4.08. The van der Waals surface area contributed by atoms with E-state index in [1.807, 2.05) is 50.2 Å². The standard InChI is InChI=1S/C21H23N3O3.ClH/c1-15-12-16(2)24(23-15)13-18(25)14-27-20-11-7-6-10-19(20)21(26)22-17-8-4-3-5-9-17;/h3-12,18,25H,13-14H2,1-2H3,(H,22,26);1H. The molecule has 0 fully saturated rings. The number of hydrogen-bond donors (Lipinski definition) is 2. The number of ether oxygens (including phenoxy) is 1. The second kappa shape index (κ2) is 9.92. The largest absolute Gasteiger partial charge is 0.490 e. The number of para-hydroxylation sites is 2. The summed E-state index contributed by atoms with van der Waals surface area (Å²) in [6.45, 7) is 4.25. The highest BCUT2D eigenvalue weighted by atomic mass is 35.5.